The van der Waals surface area contributed by atoms with Gasteiger partial charge < -0.3 is 19.7 Å². The lowest BCUT2D eigenvalue weighted by molar-refractivity contribution is 0.0270. The second-order valence-corrected chi connectivity index (χ2v) is 6.77. The van der Waals surface area contributed by atoms with Crippen LogP contribution < -0.4 is 5.32 Å². The van der Waals surface area contributed by atoms with Gasteiger partial charge in [0.1, 0.15) is 5.58 Å². The molecule has 4 aliphatic rings. The van der Waals surface area contributed by atoms with Crippen LogP contribution in [0.5, 0.6) is 5.75 Å². The van der Waals surface area contributed by atoms with Gasteiger partial charge in [0.05, 0.1) is 17.5 Å². The van der Waals surface area contributed by atoms with Crippen molar-refractivity contribution in [2.45, 2.75) is 18.4 Å². The van der Waals surface area contributed by atoms with Gasteiger partial charge >= 0.3 is 0 Å². The number of amidine groups is 1. The van der Waals surface area contributed by atoms with E-state index in [1.165, 1.54) is 25.9 Å². The van der Waals surface area contributed by atoms with Crippen LogP contribution in [0, 0.1) is 5.92 Å². The molecule has 1 aromatic carbocycles. The van der Waals surface area contributed by atoms with Crippen molar-refractivity contribution in [2.75, 3.05) is 26.2 Å². The Labute approximate surface area is 128 Å². The Morgan fingerprint density at radius 2 is 2.09 bits per heavy atom. The standard InChI is InChI=1S/C17H19N3O2/c21-14-12-3-1-2-4-13(12)22-15(14)16-18-9-17(19-16)10-20-7-5-11(17)6-8-20/h1-4,11,21H,5-10H2,(H,18,19). The Hall–Kier alpha value is -2.01. The zero-order chi connectivity index (χ0) is 14.7. The van der Waals surface area contributed by atoms with Gasteiger partial charge in [0, 0.05) is 6.54 Å². The number of benzene rings is 1. The van der Waals surface area contributed by atoms with Crippen molar-refractivity contribution in [3.8, 4) is 5.75 Å². The van der Waals surface area contributed by atoms with Crippen LogP contribution in [-0.4, -0.2) is 47.6 Å². The summed E-state index contributed by atoms with van der Waals surface area (Å²) in [5.41, 5.74) is 0.742. The Morgan fingerprint density at radius 1 is 1.27 bits per heavy atom. The molecule has 5 heterocycles. The van der Waals surface area contributed by atoms with Gasteiger partial charge in [-0.05, 0) is 44.0 Å². The lowest BCUT2D eigenvalue weighted by Gasteiger charge is -2.51. The average molecular weight is 297 g/mol. The molecule has 1 spiro atoms. The van der Waals surface area contributed by atoms with Crippen molar-refractivity contribution in [3.63, 3.8) is 0 Å². The zero-order valence-electron chi connectivity index (χ0n) is 12.4. The van der Waals surface area contributed by atoms with E-state index in [2.05, 4.69) is 15.2 Å². The van der Waals surface area contributed by atoms with Gasteiger partial charge in [-0.1, -0.05) is 12.1 Å². The smallest absolute Gasteiger partial charge is 0.211 e. The minimum Gasteiger partial charge on any atom is -0.504 e. The number of aliphatic imine (C=N–C) groups is 1. The number of hydrogen-bond acceptors (Lipinski definition) is 5. The van der Waals surface area contributed by atoms with Crippen LogP contribution in [0.15, 0.2) is 33.7 Å². The Balaban J connectivity index is 1.50. The van der Waals surface area contributed by atoms with Crippen LogP contribution in [0.4, 0.5) is 0 Å². The molecule has 5 nitrogen and oxygen atoms in total. The minimum atomic E-state index is 0.0389. The van der Waals surface area contributed by atoms with Gasteiger partial charge in [-0.3, -0.25) is 4.99 Å². The van der Waals surface area contributed by atoms with Gasteiger partial charge in [0.2, 0.25) is 5.76 Å². The van der Waals surface area contributed by atoms with Gasteiger partial charge in [0.25, 0.3) is 0 Å². The summed E-state index contributed by atoms with van der Waals surface area (Å²) in [5.74, 6) is 2.06. The van der Waals surface area contributed by atoms with Crippen molar-refractivity contribution in [1.82, 2.24) is 10.2 Å². The summed E-state index contributed by atoms with van der Waals surface area (Å²) in [4.78, 5) is 7.20. The fourth-order valence-electron chi connectivity index (χ4n) is 4.35. The van der Waals surface area contributed by atoms with E-state index in [-0.39, 0.29) is 11.3 Å². The highest BCUT2D eigenvalue weighted by atomic mass is 16.4. The first-order valence-electron chi connectivity index (χ1n) is 8.01. The predicted molar refractivity (Wildman–Crippen MR) is 84.3 cm³/mol. The molecule has 114 valence electrons. The molecular weight excluding hydrogens is 278 g/mol. The third-order valence-corrected chi connectivity index (χ3v) is 5.55. The summed E-state index contributed by atoms with van der Waals surface area (Å²) in [5, 5.41) is 14.8. The minimum absolute atomic E-state index is 0.0389. The molecule has 2 bridgehead atoms. The molecule has 3 saturated heterocycles. The third kappa shape index (κ3) is 1.60. The maximum atomic E-state index is 10.4. The van der Waals surface area contributed by atoms with Crippen molar-refractivity contribution < 1.29 is 9.52 Å². The molecule has 0 radical (unpaired) electrons. The third-order valence-electron chi connectivity index (χ3n) is 5.55. The predicted octanol–water partition coefficient (Wildman–Crippen LogP) is 1.95. The number of rotatable bonds is 1. The van der Waals surface area contributed by atoms with Crippen molar-refractivity contribution in [2.24, 2.45) is 10.9 Å². The van der Waals surface area contributed by atoms with Crippen molar-refractivity contribution >= 4 is 16.8 Å². The highest BCUT2D eigenvalue weighted by Crippen LogP contribution is 2.40. The molecule has 1 aromatic heterocycles. The summed E-state index contributed by atoms with van der Waals surface area (Å²) in [6, 6.07) is 7.56. The summed E-state index contributed by atoms with van der Waals surface area (Å²) >= 11 is 0. The number of fused-ring (bicyclic) bond motifs is 3. The van der Waals surface area contributed by atoms with Crippen LogP contribution in [0.2, 0.25) is 0 Å². The molecular formula is C17H19N3O2. The molecule has 2 N–H and O–H groups in total. The first-order chi connectivity index (χ1) is 10.8. The summed E-state index contributed by atoms with van der Waals surface area (Å²) in [6.07, 6.45) is 2.48. The summed E-state index contributed by atoms with van der Waals surface area (Å²) in [7, 11) is 0. The molecule has 0 saturated carbocycles. The lowest BCUT2D eigenvalue weighted by atomic mass is 9.73. The average Bonchev–Trinajstić information content (AvgIpc) is 3.11. The number of piperidine rings is 3. The monoisotopic (exact) mass is 297 g/mol. The van der Waals surface area contributed by atoms with Gasteiger partial charge in [-0.25, -0.2) is 0 Å². The maximum absolute atomic E-state index is 10.4. The van der Waals surface area contributed by atoms with Gasteiger partial charge in [-0.2, -0.15) is 0 Å². The van der Waals surface area contributed by atoms with Crippen molar-refractivity contribution in [3.05, 3.63) is 30.0 Å². The Bertz CT molecular complexity index is 773. The topological polar surface area (TPSA) is 61.0 Å². The number of nitrogens with zero attached hydrogens (tertiary/aromatic N) is 2. The molecule has 0 amide bonds. The van der Waals surface area contributed by atoms with Crippen LogP contribution in [0.25, 0.3) is 11.0 Å². The SMILES string of the molecule is Oc1c(C2=NCC3(CN4CCC3CC4)N2)oc2ccccc12. The Kier molecular flexibility index (Phi) is 2.42. The Morgan fingerprint density at radius 3 is 2.82 bits per heavy atom. The summed E-state index contributed by atoms with van der Waals surface area (Å²) in [6.45, 7) is 4.24. The van der Waals surface area contributed by atoms with Crippen molar-refractivity contribution in [1.29, 1.82) is 0 Å². The quantitative estimate of drug-likeness (QED) is 0.844. The van der Waals surface area contributed by atoms with Crippen LogP contribution >= 0.6 is 0 Å². The molecule has 2 aromatic rings. The number of hydrogen-bond donors (Lipinski definition) is 2. The molecule has 1 atom stereocenters. The van der Waals surface area contributed by atoms with E-state index in [1.807, 2.05) is 24.3 Å². The first-order valence-corrected chi connectivity index (χ1v) is 8.01. The fourth-order valence-corrected chi connectivity index (χ4v) is 4.35. The number of furan rings is 1. The van der Waals surface area contributed by atoms with E-state index in [0.717, 1.165) is 18.5 Å². The van der Waals surface area contributed by atoms with E-state index in [1.54, 1.807) is 0 Å². The molecule has 5 heteroatoms. The molecule has 1 unspecified atom stereocenters. The highest BCUT2D eigenvalue weighted by molar-refractivity contribution is 6.05. The van der Waals surface area contributed by atoms with Crippen LogP contribution in [0.3, 0.4) is 0 Å². The van der Waals surface area contributed by atoms with E-state index in [0.29, 0.717) is 23.1 Å². The normalized spacial score (nSPS) is 33.4. The van der Waals surface area contributed by atoms with E-state index in [9.17, 15) is 5.11 Å². The van der Waals surface area contributed by atoms with Crippen LogP contribution in [-0.2, 0) is 0 Å². The molecule has 3 fully saturated rings. The first kappa shape index (κ1) is 12.5. The zero-order valence-corrected chi connectivity index (χ0v) is 12.4. The van der Waals surface area contributed by atoms with E-state index < -0.39 is 0 Å². The lowest BCUT2D eigenvalue weighted by Crippen LogP contribution is -2.66. The van der Waals surface area contributed by atoms with E-state index >= 15 is 0 Å². The number of para-hydroxylation sites is 1. The highest BCUT2D eigenvalue weighted by Gasteiger charge is 2.50. The second-order valence-electron chi connectivity index (χ2n) is 6.77. The molecule has 0 aliphatic carbocycles. The number of aromatic hydroxyl groups is 1. The summed E-state index contributed by atoms with van der Waals surface area (Å²) < 4.78 is 5.84. The van der Waals surface area contributed by atoms with Gasteiger partial charge in [0.15, 0.2) is 11.6 Å². The molecule has 4 aliphatic heterocycles. The second kappa shape index (κ2) is 4.26. The maximum Gasteiger partial charge on any atom is 0.211 e. The molecule has 22 heavy (non-hydrogen) atoms. The fraction of sp³-hybridized carbons (Fsp3) is 0.471. The molecule has 6 rings (SSSR count). The van der Waals surface area contributed by atoms with E-state index in [4.69, 9.17) is 4.42 Å². The largest absolute Gasteiger partial charge is 0.504 e. The number of nitrogens with one attached hydrogen (secondary N) is 1. The van der Waals surface area contributed by atoms with Crippen LogP contribution in [0.1, 0.15) is 18.6 Å². The van der Waals surface area contributed by atoms with Gasteiger partial charge in [-0.15, -0.1) is 0 Å².